The van der Waals surface area contributed by atoms with Crippen LogP contribution in [-0.4, -0.2) is 33.9 Å². The van der Waals surface area contributed by atoms with Crippen molar-refractivity contribution in [1.82, 2.24) is 14.9 Å². The van der Waals surface area contributed by atoms with Crippen LogP contribution < -0.4 is 10.5 Å². The van der Waals surface area contributed by atoms with Gasteiger partial charge in [0.05, 0.1) is 42.3 Å². The van der Waals surface area contributed by atoms with Gasteiger partial charge < -0.3 is 15.4 Å². The zero-order valence-corrected chi connectivity index (χ0v) is 15.8. The Balaban J connectivity index is 1.66. The zero-order valence-electron chi connectivity index (χ0n) is 15.8. The number of nitrogen functional groups attached to an aromatic ring is 1. The Morgan fingerprint density at radius 1 is 1.21 bits per heavy atom. The molecule has 6 nitrogen and oxygen atoms in total. The van der Waals surface area contributed by atoms with Crippen molar-refractivity contribution in [3.63, 3.8) is 0 Å². The molecule has 2 aliphatic rings. The predicted octanol–water partition coefficient (Wildman–Crippen LogP) is 3.79. The molecule has 1 aromatic carbocycles. The molecule has 2 N–H and O–H groups in total. The lowest BCUT2D eigenvalue weighted by molar-refractivity contribution is 0.0707. The van der Waals surface area contributed by atoms with Crippen LogP contribution >= 0.6 is 0 Å². The van der Waals surface area contributed by atoms with Crippen LogP contribution in [0.4, 0.5) is 5.69 Å². The molecule has 6 heteroatoms. The van der Waals surface area contributed by atoms with Crippen molar-refractivity contribution in [2.45, 2.75) is 38.3 Å². The molecule has 1 fully saturated rings. The Morgan fingerprint density at radius 3 is 2.82 bits per heavy atom. The van der Waals surface area contributed by atoms with Gasteiger partial charge in [0.1, 0.15) is 5.75 Å². The summed E-state index contributed by atoms with van der Waals surface area (Å²) in [6, 6.07) is 8.12. The molecule has 28 heavy (non-hydrogen) atoms. The summed E-state index contributed by atoms with van der Waals surface area (Å²) < 4.78 is 5.31. The van der Waals surface area contributed by atoms with Crippen LogP contribution in [0.5, 0.6) is 5.75 Å². The molecule has 1 saturated carbocycles. The Kier molecular flexibility index (Phi) is 3.93. The number of rotatable bonds is 3. The van der Waals surface area contributed by atoms with E-state index in [-0.39, 0.29) is 5.91 Å². The molecule has 0 atom stereocenters. The third kappa shape index (κ3) is 2.52. The van der Waals surface area contributed by atoms with Gasteiger partial charge in [-0.05, 0) is 18.9 Å². The largest absolute Gasteiger partial charge is 0.495 e. The summed E-state index contributed by atoms with van der Waals surface area (Å²) in [5.74, 6) is 0.716. The van der Waals surface area contributed by atoms with Crippen LogP contribution in [0.15, 0.2) is 36.7 Å². The molecular weight excluding hydrogens is 352 g/mol. The molecule has 3 heterocycles. The first-order chi connectivity index (χ1) is 13.7. The van der Waals surface area contributed by atoms with Crippen molar-refractivity contribution in [2.75, 3.05) is 12.8 Å². The number of nitrogens with zero attached hydrogens (tertiary/aromatic N) is 3. The van der Waals surface area contributed by atoms with E-state index in [1.54, 1.807) is 19.5 Å². The number of benzene rings is 1. The maximum Gasteiger partial charge on any atom is 0.258 e. The molecule has 0 unspecified atom stereocenters. The van der Waals surface area contributed by atoms with Crippen LogP contribution in [0.2, 0.25) is 0 Å². The third-order valence-electron chi connectivity index (χ3n) is 5.95. The Hall–Kier alpha value is -3.15. The third-order valence-corrected chi connectivity index (χ3v) is 5.95. The molecule has 5 rings (SSSR count). The van der Waals surface area contributed by atoms with Crippen LogP contribution in [0.25, 0.3) is 22.0 Å². The SMILES string of the molecule is COc1cncc(-c2cccc3c(N)c4c(nc23)CN(C2CCCC2)C4=O)c1. The molecule has 0 spiro atoms. The lowest BCUT2D eigenvalue weighted by atomic mass is 10.00. The number of fused-ring (bicyclic) bond motifs is 2. The number of hydrogen-bond donors (Lipinski definition) is 1. The highest BCUT2D eigenvalue weighted by molar-refractivity contribution is 6.11. The summed E-state index contributed by atoms with van der Waals surface area (Å²) in [5.41, 5.74) is 11.0. The number of hydrogen-bond acceptors (Lipinski definition) is 5. The number of pyridine rings is 2. The van der Waals surface area contributed by atoms with Gasteiger partial charge in [-0.25, -0.2) is 4.98 Å². The Labute approximate surface area is 163 Å². The first-order valence-corrected chi connectivity index (χ1v) is 9.69. The van der Waals surface area contributed by atoms with Crippen LogP contribution in [0.1, 0.15) is 41.7 Å². The van der Waals surface area contributed by atoms with Crippen LogP contribution in [-0.2, 0) is 6.54 Å². The summed E-state index contributed by atoms with van der Waals surface area (Å²) in [7, 11) is 1.62. The molecule has 3 aromatic rings. The van der Waals surface area contributed by atoms with Gasteiger partial charge in [-0.15, -0.1) is 0 Å². The lowest BCUT2D eigenvalue weighted by Gasteiger charge is -2.23. The van der Waals surface area contributed by atoms with Crippen LogP contribution in [0.3, 0.4) is 0 Å². The topological polar surface area (TPSA) is 81.3 Å². The van der Waals surface area contributed by atoms with E-state index in [1.807, 2.05) is 29.2 Å². The van der Waals surface area contributed by atoms with Crippen molar-refractivity contribution < 1.29 is 9.53 Å². The van der Waals surface area contributed by atoms with E-state index < -0.39 is 0 Å². The fourth-order valence-corrected chi connectivity index (χ4v) is 4.51. The number of para-hydroxylation sites is 1. The van der Waals surface area contributed by atoms with E-state index >= 15 is 0 Å². The quantitative estimate of drug-likeness (QED) is 0.754. The summed E-state index contributed by atoms with van der Waals surface area (Å²) in [4.78, 5) is 24.2. The van der Waals surface area contributed by atoms with Crippen LogP contribution in [0, 0.1) is 0 Å². The summed E-state index contributed by atoms with van der Waals surface area (Å²) in [5, 5.41) is 0.806. The molecule has 2 aromatic heterocycles. The Bertz CT molecular complexity index is 1090. The van der Waals surface area contributed by atoms with Gasteiger partial charge in [-0.1, -0.05) is 31.0 Å². The van der Waals surface area contributed by atoms with E-state index in [4.69, 9.17) is 15.5 Å². The van der Waals surface area contributed by atoms with Crippen molar-refractivity contribution in [1.29, 1.82) is 0 Å². The summed E-state index contributed by atoms with van der Waals surface area (Å²) in [6.45, 7) is 0.545. The first-order valence-electron chi connectivity index (χ1n) is 9.69. The fraction of sp³-hybridized carbons (Fsp3) is 0.318. The second-order valence-corrected chi connectivity index (χ2v) is 7.53. The summed E-state index contributed by atoms with van der Waals surface area (Å²) in [6.07, 6.45) is 7.97. The summed E-state index contributed by atoms with van der Waals surface area (Å²) >= 11 is 0. The van der Waals surface area contributed by atoms with Gasteiger partial charge in [0.15, 0.2) is 0 Å². The second kappa shape index (κ2) is 6.48. The molecule has 0 saturated heterocycles. The number of carbonyl (C=O) groups excluding carboxylic acids is 1. The highest BCUT2D eigenvalue weighted by Gasteiger charge is 2.37. The number of amides is 1. The van der Waals surface area contributed by atoms with Crippen molar-refractivity contribution in [3.8, 4) is 16.9 Å². The monoisotopic (exact) mass is 374 g/mol. The van der Waals surface area contributed by atoms with Gasteiger partial charge >= 0.3 is 0 Å². The molecule has 0 radical (unpaired) electrons. The first kappa shape index (κ1) is 17.0. The standard InChI is InChI=1S/C22H22N4O2/c1-28-15-9-13(10-24-11-15)16-7-4-8-17-20(23)19-18(25-21(16)17)12-26(22(19)27)14-5-2-3-6-14/h4,7-11,14H,2-3,5-6,12H2,1H3,(H2,23,25). The van der Waals surface area contributed by atoms with E-state index in [0.717, 1.165) is 40.6 Å². The molecule has 1 aliphatic carbocycles. The smallest absolute Gasteiger partial charge is 0.258 e. The number of carbonyl (C=O) groups is 1. The van der Waals surface area contributed by atoms with E-state index in [1.165, 1.54) is 12.8 Å². The number of nitrogens with two attached hydrogens (primary N) is 1. The number of methoxy groups -OCH3 is 1. The minimum atomic E-state index is 0.0299. The molecule has 1 amide bonds. The van der Waals surface area contributed by atoms with E-state index in [9.17, 15) is 4.79 Å². The van der Waals surface area contributed by atoms with E-state index in [0.29, 0.717) is 29.6 Å². The number of aromatic nitrogens is 2. The second-order valence-electron chi connectivity index (χ2n) is 7.53. The van der Waals surface area contributed by atoms with E-state index in [2.05, 4.69) is 4.98 Å². The number of anilines is 1. The molecule has 1 aliphatic heterocycles. The lowest BCUT2D eigenvalue weighted by Crippen LogP contribution is -2.33. The van der Waals surface area contributed by atoms with Gasteiger partial charge in [0.25, 0.3) is 5.91 Å². The van der Waals surface area contributed by atoms with Crippen molar-refractivity contribution >= 4 is 22.5 Å². The average molecular weight is 374 g/mol. The molecule has 142 valence electrons. The van der Waals surface area contributed by atoms with Gasteiger partial charge in [-0.2, -0.15) is 0 Å². The maximum absolute atomic E-state index is 13.1. The van der Waals surface area contributed by atoms with Gasteiger partial charge in [-0.3, -0.25) is 9.78 Å². The normalized spacial score (nSPS) is 16.8. The Morgan fingerprint density at radius 2 is 2.04 bits per heavy atom. The van der Waals surface area contributed by atoms with Crippen molar-refractivity contribution in [3.05, 3.63) is 47.9 Å². The highest BCUT2D eigenvalue weighted by Crippen LogP contribution is 2.39. The predicted molar refractivity (Wildman–Crippen MR) is 108 cm³/mol. The minimum absolute atomic E-state index is 0.0299. The molecule has 0 bridgehead atoms. The minimum Gasteiger partial charge on any atom is -0.495 e. The van der Waals surface area contributed by atoms with Crippen molar-refractivity contribution in [2.24, 2.45) is 0 Å². The molecular formula is C22H22N4O2. The van der Waals surface area contributed by atoms with Gasteiger partial charge in [0.2, 0.25) is 0 Å². The number of ether oxygens (including phenoxy) is 1. The zero-order chi connectivity index (χ0) is 19.3. The van der Waals surface area contributed by atoms with Gasteiger partial charge in [0, 0.05) is 28.8 Å². The average Bonchev–Trinajstić information content (AvgIpc) is 3.36. The highest BCUT2D eigenvalue weighted by atomic mass is 16.5. The maximum atomic E-state index is 13.1. The fourth-order valence-electron chi connectivity index (χ4n) is 4.51.